The molecule has 1 saturated heterocycles. The summed E-state index contributed by atoms with van der Waals surface area (Å²) in [4.78, 5) is 15.2. The number of carbonyl (C=O) groups excluding carboxylic acids is 1. The second-order valence-corrected chi connectivity index (χ2v) is 11.3. The normalized spacial score (nSPS) is 17.8. The molecule has 2 aromatic rings. The van der Waals surface area contributed by atoms with E-state index in [0.717, 1.165) is 24.9 Å². The molecule has 1 heterocycles. The maximum Gasteiger partial charge on any atom is 0.238 e. The molecule has 0 aromatic heterocycles. The van der Waals surface area contributed by atoms with Crippen LogP contribution in [0.15, 0.2) is 47.4 Å². The fourth-order valence-corrected chi connectivity index (χ4v) is 4.59. The Hall–Kier alpha value is -2.18. The molecule has 0 aliphatic carbocycles. The van der Waals surface area contributed by atoms with Gasteiger partial charge in [0.1, 0.15) is 0 Å². The first-order valence-electron chi connectivity index (χ1n) is 10.4. The van der Waals surface area contributed by atoms with Crippen LogP contribution >= 0.6 is 0 Å². The summed E-state index contributed by atoms with van der Waals surface area (Å²) in [7, 11) is -3.32. The summed E-state index contributed by atoms with van der Waals surface area (Å²) in [5.41, 5.74) is 4.05. The van der Waals surface area contributed by atoms with Crippen molar-refractivity contribution < 1.29 is 13.2 Å². The lowest BCUT2D eigenvalue weighted by molar-refractivity contribution is -0.117. The molecule has 0 bridgehead atoms. The van der Waals surface area contributed by atoms with Gasteiger partial charge in [-0.15, -0.1) is 0 Å². The number of nitrogens with zero attached hydrogens (tertiary/aromatic N) is 1. The molecule has 1 aliphatic heterocycles. The average Bonchev–Trinajstić information content (AvgIpc) is 3.10. The smallest absolute Gasteiger partial charge is 0.238 e. The predicted molar refractivity (Wildman–Crippen MR) is 122 cm³/mol. The van der Waals surface area contributed by atoms with Gasteiger partial charge >= 0.3 is 0 Å². The third kappa shape index (κ3) is 5.29. The average molecular weight is 429 g/mol. The monoisotopic (exact) mass is 428 g/mol. The molecule has 0 radical (unpaired) electrons. The molecule has 30 heavy (non-hydrogen) atoms. The quantitative estimate of drug-likeness (QED) is 0.763. The van der Waals surface area contributed by atoms with E-state index in [2.05, 4.69) is 55.3 Å². The van der Waals surface area contributed by atoms with Crippen LogP contribution in [0, 0.1) is 6.92 Å². The zero-order chi connectivity index (χ0) is 22.1. The molecular formula is C24H32N2O3S. The maximum atomic E-state index is 12.7. The Labute approximate surface area is 180 Å². The van der Waals surface area contributed by atoms with Gasteiger partial charge in [-0.2, -0.15) is 0 Å². The van der Waals surface area contributed by atoms with Gasteiger partial charge in [0.15, 0.2) is 9.84 Å². The van der Waals surface area contributed by atoms with Gasteiger partial charge in [-0.25, -0.2) is 8.42 Å². The van der Waals surface area contributed by atoms with Crippen molar-refractivity contribution in [2.45, 2.75) is 56.9 Å². The minimum atomic E-state index is -3.32. The number of sulfone groups is 1. The van der Waals surface area contributed by atoms with E-state index in [1.165, 1.54) is 23.4 Å². The molecule has 0 saturated carbocycles. The van der Waals surface area contributed by atoms with E-state index in [9.17, 15) is 13.2 Å². The van der Waals surface area contributed by atoms with E-state index in [1.807, 2.05) is 6.92 Å². The van der Waals surface area contributed by atoms with Crippen molar-refractivity contribution in [3.8, 4) is 0 Å². The Bertz CT molecular complexity index is 1020. The number of benzene rings is 2. The zero-order valence-corrected chi connectivity index (χ0v) is 19.3. The Balaban J connectivity index is 1.71. The van der Waals surface area contributed by atoms with Gasteiger partial charge in [-0.3, -0.25) is 9.69 Å². The van der Waals surface area contributed by atoms with Gasteiger partial charge < -0.3 is 5.32 Å². The molecule has 1 atom stereocenters. The molecule has 162 valence electrons. The van der Waals surface area contributed by atoms with Gasteiger partial charge in [0.2, 0.25) is 5.91 Å². The summed E-state index contributed by atoms with van der Waals surface area (Å²) in [6.45, 7) is 9.63. The Morgan fingerprint density at radius 1 is 1.13 bits per heavy atom. The van der Waals surface area contributed by atoms with Crippen LogP contribution < -0.4 is 5.32 Å². The van der Waals surface area contributed by atoms with Gasteiger partial charge in [-0.05, 0) is 60.5 Å². The van der Waals surface area contributed by atoms with Crippen LogP contribution in [0.25, 0.3) is 0 Å². The standard InChI is InChI=1S/C24H32N2O3S/c1-17-8-13-20(30(5,28)29)15-21(17)25-23(27)16-26-14-6-7-22(26)18-9-11-19(12-10-18)24(2,3)4/h8-13,15,22H,6-7,14,16H2,1-5H3,(H,25,27)/t22-/m0/s1. The Morgan fingerprint density at radius 2 is 1.80 bits per heavy atom. The highest BCUT2D eigenvalue weighted by atomic mass is 32.2. The van der Waals surface area contributed by atoms with Crippen LogP contribution in [-0.2, 0) is 20.0 Å². The molecule has 1 N–H and O–H groups in total. The van der Waals surface area contributed by atoms with Crippen molar-refractivity contribution in [3.63, 3.8) is 0 Å². The number of likely N-dealkylation sites (tertiary alicyclic amines) is 1. The van der Waals surface area contributed by atoms with E-state index < -0.39 is 9.84 Å². The second-order valence-electron chi connectivity index (χ2n) is 9.30. The highest BCUT2D eigenvalue weighted by molar-refractivity contribution is 7.90. The van der Waals surface area contributed by atoms with Crippen LogP contribution in [0.2, 0.25) is 0 Å². The summed E-state index contributed by atoms with van der Waals surface area (Å²) in [5, 5.41) is 2.91. The zero-order valence-electron chi connectivity index (χ0n) is 18.5. The molecule has 1 amide bonds. The third-order valence-electron chi connectivity index (χ3n) is 5.78. The Morgan fingerprint density at radius 3 is 2.40 bits per heavy atom. The number of amides is 1. The van der Waals surface area contributed by atoms with Crippen LogP contribution in [0.5, 0.6) is 0 Å². The molecule has 6 heteroatoms. The molecule has 5 nitrogen and oxygen atoms in total. The first-order valence-corrected chi connectivity index (χ1v) is 12.3. The fourth-order valence-electron chi connectivity index (χ4n) is 3.94. The Kier molecular flexibility index (Phi) is 6.39. The summed E-state index contributed by atoms with van der Waals surface area (Å²) in [5.74, 6) is -0.123. The lowest BCUT2D eigenvalue weighted by Crippen LogP contribution is -2.33. The minimum absolute atomic E-state index is 0.117. The van der Waals surface area contributed by atoms with Crippen molar-refractivity contribution in [1.82, 2.24) is 4.90 Å². The number of aryl methyl sites for hydroxylation is 1. The van der Waals surface area contributed by atoms with Crippen LogP contribution in [0.3, 0.4) is 0 Å². The van der Waals surface area contributed by atoms with E-state index in [4.69, 9.17) is 0 Å². The maximum absolute atomic E-state index is 12.7. The van der Waals surface area contributed by atoms with Gasteiger partial charge in [0.25, 0.3) is 0 Å². The van der Waals surface area contributed by atoms with E-state index in [0.29, 0.717) is 5.69 Å². The van der Waals surface area contributed by atoms with E-state index in [1.54, 1.807) is 12.1 Å². The number of carbonyl (C=O) groups is 1. The molecular weight excluding hydrogens is 396 g/mol. The van der Waals surface area contributed by atoms with Crippen molar-refractivity contribution >= 4 is 21.4 Å². The molecule has 1 aliphatic rings. The second kappa shape index (κ2) is 8.52. The number of hydrogen-bond acceptors (Lipinski definition) is 4. The fraction of sp³-hybridized carbons (Fsp3) is 0.458. The first kappa shape index (κ1) is 22.5. The summed E-state index contributed by atoms with van der Waals surface area (Å²) >= 11 is 0. The van der Waals surface area contributed by atoms with Crippen molar-refractivity contribution in [2.75, 3.05) is 24.7 Å². The van der Waals surface area contributed by atoms with Crippen molar-refractivity contribution in [2.24, 2.45) is 0 Å². The minimum Gasteiger partial charge on any atom is -0.325 e. The number of rotatable bonds is 5. The lowest BCUT2D eigenvalue weighted by Gasteiger charge is -2.26. The summed E-state index contributed by atoms with van der Waals surface area (Å²) < 4.78 is 23.7. The molecule has 0 spiro atoms. The molecule has 2 aromatic carbocycles. The third-order valence-corrected chi connectivity index (χ3v) is 6.89. The van der Waals surface area contributed by atoms with E-state index >= 15 is 0 Å². The number of anilines is 1. The van der Waals surface area contributed by atoms with Crippen LogP contribution in [-0.4, -0.2) is 38.6 Å². The van der Waals surface area contributed by atoms with Gasteiger partial charge in [-0.1, -0.05) is 51.1 Å². The number of nitrogens with one attached hydrogen (secondary N) is 1. The highest BCUT2D eigenvalue weighted by Gasteiger charge is 2.28. The summed E-state index contributed by atoms with van der Waals surface area (Å²) in [6, 6.07) is 13.8. The number of hydrogen-bond donors (Lipinski definition) is 1. The van der Waals surface area contributed by atoms with Gasteiger partial charge in [0.05, 0.1) is 11.4 Å². The molecule has 0 unspecified atom stereocenters. The largest absolute Gasteiger partial charge is 0.325 e. The van der Waals surface area contributed by atoms with Crippen molar-refractivity contribution in [1.29, 1.82) is 0 Å². The molecule has 3 rings (SSSR count). The summed E-state index contributed by atoms with van der Waals surface area (Å²) in [6.07, 6.45) is 3.26. The predicted octanol–water partition coefficient (Wildman–Crippen LogP) is 4.47. The van der Waals surface area contributed by atoms with Crippen LogP contribution in [0.4, 0.5) is 5.69 Å². The topological polar surface area (TPSA) is 66.5 Å². The van der Waals surface area contributed by atoms with Crippen LogP contribution in [0.1, 0.15) is 56.3 Å². The van der Waals surface area contributed by atoms with Crippen molar-refractivity contribution in [3.05, 3.63) is 59.2 Å². The van der Waals surface area contributed by atoms with Gasteiger partial charge in [0, 0.05) is 18.0 Å². The molecule has 1 fully saturated rings. The highest BCUT2D eigenvalue weighted by Crippen LogP contribution is 2.33. The first-order chi connectivity index (χ1) is 13.9. The SMILES string of the molecule is Cc1ccc(S(C)(=O)=O)cc1NC(=O)CN1CCC[C@H]1c1ccc(C(C)(C)C)cc1. The van der Waals surface area contributed by atoms with E-state index in [-0.39, 0.29) is 28.8 Å². The lowest BCUT2D eigenvalue weighted by atomic mass is 9.86.